The summed E-state index contributed by atoms with van der Waals surface area (Å²) in [7, 11) is 0. The monoisotopic (exact) mass is 242 g/mol. The second kappa shape index (κ2) is 6.21. The van der Waals surface area contributed by atoms with Crippen molar-refractivity contribution in [1.29, 1.82) is 0 Å². The van der Waals surface area contributed by atoms with Gasteiger partial charge in [-0.2, -0.15) is 0 Å². The third-order valence-electron chi connectivity index (χ3n) is 2.69. The van der Waals surface area contributed by atoms with Crippen LogP contribution in [0.15, 0.2) is 30.6 Å². The maximum atomic E-state index is 4.58. The molecule has 94 valence electrons. The summed E-state index contributed by atoms with van der Waals surface area (Å²) in [6, 6.07) is 5.76. The van der Waals surface area contributed by atoms with Crippen LogP contribution in [0.5, 0.6) is 0 Å². The highest BCUT2D eigenvalue weighted by Gasteiger charge is 2.06. The first-order valence-corrected chi connectivity index (χ1v) is 6.26. The Kier molecular flexibility index (Phi) is 4.36. The van der Waals surface area contributed by atoms with E-state index in [2.05, 4.69) is 27.2 Å². The topological polar surface area (TPSA) is 50.7 Å². The quantitative estimate of drug-likeness (QED) is 0.818. The molecule has 0 aliphatic rings. The molecule has 4 heteroatoms. The van der Waals surface area contributed by atoms with Crippen molar-refractivity contribution in [3.05, 3.63) is 41.9 Å². The molecule has 2 aromatic rings. The maximum absolute atomic E-state index is 4.58. The van der Waals surface area contributed by atoms with Crippen molar-refractivity contribution >= 4 is 0 Å². The molecule has 2 aromatic heterocycles. The molecular weight excluding hydrogens is 224 g/mol. The van der Waals surface area contributed by atoms with Gasteiger partial charge in [-0.3, -0.25) is 4.98 Å². The van der Waals surface area contributed by atoms with Crippen LogP contribution in [0.3, 0.4) is 0 Å². The van der Waals surface area contributed by atoms with E-state index >= 15 is 0 Å². The number of hydrogen-bond acceptors (Lipinski definition) is 4. The normalized spacial score (nSPS) is 10.6. The number of pyridine rings is 1. The number of hydrogen-bond donors (Lipinski definition) is 1. The molecule has 0 aliphatic carbocycles. The van der Waals surface area contributed by atoms with Crippen LogP contribution < -0.4 is 5.32 Å². The molecule has 0 saturated carbocycles. The summed E-state index contributed by atoms with van der Waals surface area (Å²) < 4.78 is 0. The van der Waals surface area contributed by atoms with Crippen LogP contribution in [-0.2, 0) is 6.54 Å². The fourth-order valence-corrected chi connectivity index (χ4v) is 1.66. The van der Waals surface area contributed by atoms with E-state index in [0.29, 0.717) is 5.82 Å². The fraction of sp³-hybridized carbons (Fsp3) is 0.357. The minimum Gasteiger partial charge on any atom is -0.311 e. The molecule has 0 unspecified atom stereocenters. The van der Waals surface area contributed by atoms with Gasteiger partial charge in [0.25, 0.3) is 0 Å². The Morgan fingerprint density at radius 1 is 1.22 bits per heavy atom. The molecule has 1 N–H and O–H groups in total. The first-order valence-electron chi connectivity index (χ1n) is 6.26. The van der Waals surface area contributed by atoms with Gasteiger partial charge in [0.1, 0.15) is 5.69 Å². The van der Waals surface area contributed by atoms with Crippen LogP contribution in [0, 0.1) is 6.92 Å². The van der Waals surface area contributed by atoms with Crippen molar-refractivity contribution in [2.75, 3.05) is 6.54 Å². The molecule has 0 fully saturated rings. The summed E-state index contributed by atoms with van der Waals surface area (Å²) in [4.78, 5) is 13.2. The summed E-state index contributed by atoms with van der Waals surface area (Å²) >= 11 is 0. The predicted octanol–water partition coefficient (Wildman–Crippen LogP) is 2.35. The number of nitrogens with one attached hydrogen (secondary N) is 1. The first-order chi connectivity index (χ1) is 8.81. The standard InChI is InChI=1S/C14H18N4/c1-3-7-15-10-13-11(2)9-17-14(18-13)12-6-4-5-8-16-12/h4-6,8-9,15H,3,7,10H2,1-2H3. The zero-order chi connectivity index (χ0) is 12.8. The Morgan fingerprint density at radius 3 is 2.83 bits per heavy atom. The Morgan fingerprint density at radius 2 is 2.11 bits per heavy atom. The summed E-state index contributed by atoms with van der Waals surface area (Å²) in [6.07, 6.45) is 4.74. The fourth-order valence-electron chi connectivity index (χ4n) is 1.66. The molecular formula is C14H18N4. The molecule has 18 heavy (non-hydrogen) atoms. The van der Waals surface area contributed by atoms with Gasteiger partial charge in [0.15, 0.2) is 5.82 Å². The summed E-state index contributed by atoms with van der Waals surface area (Å²) in [5, 5.41) is 3.36. The zero-order valence-corrected chi connectivity index (χ0v) is 10.8. The van der Waals surface area contributed by atoms with Gasteiger partial charge >= 0.3 is 0 Å². The van der Waals surface area contributed by atoms with Crippen LogP contribution in [0.1, 0.15) is 24.6 Å². The minimum absolute atomic E-state index is 0.689. The lowest BCUT2D eigenvalue weighted by Gasteiger charge is -2.07. The van der Waals surface area contributed by atoms with Crippen molar-refractivity contribution in [2.24, 2.45) is 0 Å². The van der Waals surface area contributed by atoms with Gasteiger partial charge in [-0.15, -0.1) is 0 Å². The van der Waals surface area contributed by atoms with Crippen LogP contribution in [0.25, 0.3) is 11.5 Å². The largest absolute Gasteiger partial charge is 0.311 e. The Balaban J connectivity index is 2.21. The third-order valence-corrected chi connectivity index (χ3v) is 2.69. The molecule has 0 bridgehead atoms. The van der Waals surface area contributed by atoms with Crippen molar-refractivity contribution in [2.45, 2.75) is 26.8 Å². The first kappa shape index (κ1) is 12.6. The van der Waals surface area contributed by atoms with Crippen LogP contribution in [0.4, 0.5) is 0 Å². The number of aryl methyl sites for hydroxylation is 1. The second-order valence-corrected chi connectivity index (χ2v) is 4.22. The predicted molar refractivity (Wildman–Crippen MR) is 72.0 cm³/mol. The number of rotatable bonds is 5. The summed E-state index contributed by atoms with van der Waals surface area (Å²) in [5.41, 5.74) is 2.96. The molecule has 4 nitrogen and oxygen atoms in total. The van der Waals surface area contributed by atoms with E-state index in [-0.39, 0.29) is 0 Å². The number of aromatic nitrogens is 3. The Labute approximate surface area is 108 Å². The average molecular weight is 242 g/mol. The number of nitrogens with zero attached hydrogens (tertiary/aromatic N) is 3. The Hall–Kier alpha value is -1.81. The van der Waals surface area contributed by atoms with Gasteiger partial charge in [0, 0.05) is 18.9 Å². The highest BCUT2D eigenvalue weighted by atomic mass is 14.9. The SMILES string of the molecule is CCCNCc1nc(-c2ccccn2)ncc1C. The average Bonchev–Trinajstić information content (AvgIpc) is 2.42. The molecule has 0 atom stereocenters. The van der Waals surface area contributed by atoms with E-state index < -0.39 is 0 Å². The Bertz CT molecular complexity index is 496. The van der Waals surface area contributed by atoms with Gasteiger partial charge in [-0.05, 0) is 37.6 Å². The highest BCUT2D eigenvalue weighted by Crippen LogP contribution is 2.13. The second-order valence-electron chi connectivity index (χ2n) is 4.22. The van der Waals surface area contributed by atoms with Crippen molar-refractivity contribution in [3.8, 4) is 11.5 Å². The van der Waals surface area contributed by atoms with Gasteiger partial charge < -0.3 is 5.32 Å². The van der Waals surface area contributed by atoms with E-state index in [4.69, 9.17) is 0 Å². The highest BCUT2D eigenvalue weighted by molar-refractivity contribution is 5.48. The van der Waals surface area contributed by atoms with Crippen molar-refractivity contribution in [3.63, 3.8) is 0 Å². The lowest BCUT2D eigenvalue weighted by atomic mass is 10.2. The van der Waals surface area contributed by atoms with Crippen molar-refractivity contribution in [1.82, 2.24) is 20.3 Å². The van der Waals surface area contributed by atoms with E-state index in [1.807, 2.05) is 31.3 Å². The zero-order valence-electron chi connectivity index (χ0n) is 10.8. The van der Waals surface area contributed by atoms with E-state index in [1.165, 1.54) is 0 Å². The van der Waals surface area contributed by atoms with Gasteiger partial charge in [-0.25, -0.2) is 9.97 Å². The lowest BCUT2D eigenvalue weighted by Crippen LogP contribution is -2.16. The molecule has 0 aromatic carbocycles. The molecule has 0 radical (unpaired) electrons. The van der Waals surface area contributed by atoms with E-state index in [9.17, 15) is 0 Å². The molecule has 2 rings (SSSR count). The summed E-state index contributed by atoms with van der Waals surface area (Å²) in [5.74, 6) is 0.689. The molecule has 0 saturated heterocycles. The van der Waals surface area contributed by atoms with Gasteiger partial charge in [0.2, 0.25) is 0 Å². The smallest absolute Gasteiger partial charge is 0.178 e. The van der Waals surface area contributed by atoms with Crippen LogP contribution in [-0.4, -0.2) is 21.5 Å². The van der Waals surface area contributed by atoms with Crippen LogP contribution >= 0.6 is 0 Å². The van der Waals surface area contributed by atoms with Gasteiger partial charge in [-0.1, -0.05) is 13.0 Å². The molecule has 0 aliphatic heterocycles. The van der Waals surface area contributed by atoms with Crippen molar-refractivity contribution < 1.29 is 0 Å². The maximum Gasteiger partial charge on any atom is 0.178 e. The molecule has 0 amide bonds. The third kappa shape index (κ3) is 3.11. The lowest BCUT2D eigenvalue weighted by molar-refractivity contribution is 0.660. The van der Waals surface area contributed by atoms with Gasteiger partial charge in [0.05, 0.1) is 5.69 Å². The molecule has 0 spiro atoms. The summed E-state index contributed by atoms with van der Waals surface area (Å²) in [6.45, 7) is 5.97. The van der Waals surface area contributed by atoms with E-state index in [0.717, 1.165) is 36.5 Å². The minimum atomic E-state index is 0.689. The van der Waals surface area contributed by atoms with E-state index in [1.54, 1.807) is 6.20 Å². The van der Waals surface area contributed by atoms with Crippen LogP contribution in [0.2, 0.25) is 0 Å². The molecule has 2 heterocycles.